The van der Waals surface area contributed by atoms with Crippen molar-refractivity contribution in [2.24, 2.45) is 5.10 Å². The molecule has 4 aromatic rings. The summed E-state index contributed by atoms with van der Waals surface area (Å²) in [5.74, 6) is 0.645. The fraction of sp³-hybridized carbons (Fsp3) is 0.250. The number of rotatable bonds is 7. The molecular weight excluding hydrogens is 527 g/mol. The van der Waals surface area contributed by atoms with Gasteiger partial charge in [0.2, 0.25) is 5.75 Å². The van der Waals surface area contributed by atoms with E-state index in [4.69, 9.17) is 32.9 Å². The molecular formula is C28H24Cl2N4O4. The number of hydrogen-bond acceptors (Lipinski definition) is 6. The van der Waals surface area contributed by atoms with Gasteiger partial charge in [0.25, 0.3) is 5.56 Å². The van der Waals surface area contributed by atoms with Crippen molar-refractivity contribution in [1.29, 1.82) is 0 Å². The van der Waals surface area contributed by atoms with Crippen LogP contribution in [-0.4, -0.2) is 20.8 Å². The SMILES string of the molecule is O=c1c2ccccc2nc(C2CCCCC2)n1N=Cc1cc(Cl)cc([N+](=O)[O-])c1OCc1ccccc1Cl. The minimum absolute atomic E-state index is 0.00616. The van der Waals surface area contributed by atoms with Crippen molar-refractivity contribution in [1.82, 2.24) is 9.66 Å². The third-order valence-corrected chi connectivity index (χ3v) is 7.24. The number of aromatic nitrogens is 2. The second-order valence-electron chi connectivity index (χ2n) is 9.16. The Labute approximate surface area is 228 Å². The van der Waals surface area contributed by atoms with E-state index in [1.54, 1.807) is 36.4 Å². The summed E-state index contributed by atoms with van der Waals surface area (Å²) in [6.07, 6.45) is 6.44. The lowest BCUT2D eigenvalue weighted by molar-refractivity contribution is -0.385. The van der Waals surface area contributed by atoms with E-state index in [9.17, 15) is 14.9 Å². The molecule has 0 amide bonds. The molecule has 10 heteroatoms. The highest BCUT2D eigenvalue weighted by Gasteiger charge is 2.24. The highest BCUT2D eigenvalue weighted by atomic mass is 35.5. The number of hydrogen-bond donors (Lipinski definition) is 0. The maximum atomic E-state index is 13.5. The third-order valence-electron chi connectivity index (χ3n) is 6.65. The second-order valence-corrected chi connectivity index (χ2v) is 10.0. The number of benzene rings is 3. The lowest BCUT2D eigenvalue weighted by Gasteiger charge is -2.22. The van der Waals surface area contributed by atoms with Crippen LogP contribution in [-0.2, 0) is 6.61 Å². The number of para-hydroxylation sites is 1. The van der Waals surface area contributed by atoms with Crippen LogP contribution >= 0.6 is 23.2 Å². The van der Waals surface area contributed by atoms with Crippen molar-refractivity contribution in [2.45, 2.75) is 44.6 Å². The van der Waals surface area contributed by atoms with Crippen LogP contribution in [0.4, 0.5) is 5.69 Å². The zero-order chi connectivity index (χ0) is 26.6. The molecule has 0 bridgehead atoms. The molecule has 1 fully saturated rings. The summed E-state index contributed by atoms with van der Waals surface area (Å²) >= 11 is 12.5. The van der Waals surface area contributed by atoms with Crippen LogP contribution in [0.3, 0.4) is 0 Å². The molecule has 1 saturated carbocycles. The Hall–Kier alpha value is -3.75. The largest absolute Gasteiger partial charge is 0.481 e. The first-order valence-electron chi connectivity index (χ1n) is 12.3. The predicted molar refractivity (Wildman–Crippen MR) is 149 cm³/mol. The molecule has 0 radical (unpaired) electrons. The Kier molecular flexibility index (Phi) is 7.72. The third kappa shape index (κ3) is 5.42. The van der Waals surface area contributed by atoms with Gasteiger partial charge in [-0.05, 0) is 37.1 Å². The molecule has 5 rings (SSSR count). The van der Waals surface area contributed by atoms with Crippen molar-refractivity contribution < 1.29 is 9.66 Å². The van der Waals surface area contributed by atoms with Crippen LogP contribution < -0.4 is 10.3 Å². The lowest BCUT2D eigenvalue weighted by atomic mass is 9.88. The van der Waals surface area contributed by atoms with Gasteiger partial charge in [0.1, 0.15) is 12.4 Å². The molecule has 194 valence electrons. The zero-order valence-electron chi connectivity index (χ0n) is 20.3. The number of fused-ring (bicyclic) bond motifs is 1. The molecule has 8 nitrogen and oxygen atoms in total. The van der Waals surface area contributed by atoms with Gasteiger partial charge in [-0.3, -0.25) is 14.9 Å². The Morgan fingerprint density at radius 3 is 2.58 bits per heavy atom. The molecule has 1 aliphatic carbocycles. The Balaban J connectivity index is 1.61. The van der Waals surface area contributed by atoms with E-state index in [1.807, 2.05) is 12.1 Å². The van der Waals surface area contributed by atoms with Crippen LogP contribution in [0.25, 0.3) is 10.9 Å². The normalized spacial score (nSPS) is 14.3. The molecule has 38 heavy (non-hydrogen) atoms. The molecule has 1 aliphatic rings. The smallest absolute Gasteiger partial charge is 0.313 e. The van der Waals surface area contributed by atoms with E-state index in [1.165, 1.54) is 23.0 Å². The molecule has 0 saturated heterocycles. The minimum atomic E-state index is -0.567. The Morgan fingerprint density at radius 2 is 1.82 bits per heavy atom. The van der Waals surface area contributed by atoms with Gasteiger partial charge in [-0.25, -0.2) is 4.98 Å². The summed E-state index contributed by atoms with van der Waals surface area (Å²) in [6, 6.07) is 17.0. The summed E-state index contributed by atoms with van der Waals surface area (Å²) < 4.78 is 7.22. The number of ether oxygens (including phenoxy) is 1. The molecule has 0 unspecified atom stereocenters. The second kappa shape index (κ2) is 11.3. The summed E-state index contributed by atoms with van der Waals surface area (Å²) in [5, 5.41) is 17.4. The standard InChI is InChI=1S/C28H24Cl2N4O4/c29-21-14-20(26(25(15-21)34(36)37)38-17-19-10-4-6-12-23(19)30)16-31-33-27(18-8-2-1-3-9-18)32-24-13-7-5-11-22(24)28(33)35/h4-7,10-16,18H,1-3,8-9,17H2. The maximum Gasteiger partial charge on any atom is 0.313 e. The number of nitro benzene ring substituents is 1. The fourth-order valence-corrected chi connectivity index (χ4v) is 5.16. The number of nitro groups is 1. The molecule has 0 N–H and O–H groups in total. The van der Waals surface area contributed by atoms with Crippen molar-refractivity contribution in [2.75, 3.05) is 0 Å². The van der Waals surface area contributed by atoms with E-state index in [2.05, 4.69) is 5.10 Å². The Bertz CT molecular complexity index is 1600. The van der Waals surface area contributed by atoms with Gasteiger partial charge in [0.05, 0.1) is 22.0 Å². The van der Waals surface area contributed by atoms with Crippen molar-refractivity contribution >= 4 is 46.0 Å². The van der Waals surface area contributed by atoms with Gasteiger partial charge in [-0.2, -0.15) is 9.78 Å². The van der Waals surface area contributed by atoms with E-state index in [0.29, 0.717) is 27.3 Å². The average Bonchev–Trinajstić information content (AvgIpc) is 2.92. The average molecular weight is 551 g/mol. The van der Waals surface area contributed by atoms with E-state index < -0.39 is 4.92 Å². The first-order valence-corrected chi connectivity index (χ1v) is 13.1. The minimum Gasteiger partial charge on any atom is -0.481 e. The molecule has 0 spiro atoms. The van der Waals surface area contributed by atoms with Crippen LogP contribution in [0.5, 0.6) is 5.75 Å². The van der Waals surface area contributed by atoms with Gasteiger partial charge in [0, 0.05) is 33.2 Å². The molecule has 1 heterocycles. The molecule has 0 aliphatic heterocycles. The van der Waals surface area contributed by atoms with Gasteiger partial charge < -0.3 is 4.74 Å². The zero-order valence-corrected chi connectivity index (χ0v) is 21.9. The van der Waals surface area contributed by atoms with Crippen molar-refractivity contribution in [3.63, 3.8) is 0 Å². The van der Waals surface area contributed by atoms with E-state index in [0.717, 1.165) is 32.1 Å². The Morgan fingerprint density at radius 1 is 1.08 bits per heavy atom. The quantitative estimate of drug-likeness (QED) is 0.138. The van der Waals surface area contributed by atoms with E-state index >= 15 is 0 Å². The molecule has 3 aromatic carbocycles. The monoisotopic (exact) mass is 550 g/mol. The molecule has 1 aromatic heterocycles. The van der Waals surface area contributed by atoms with E-state index in [-0.39, 0.29) is 40.1 Å². The molecule has 0 atom stereocenters. The number of halogens is 2. The topological polar surface area (TPSA) is 99.6 Å². The highest BCUT2D eigenvalue weighted by Crippen LogP contribution is 2.35. The van der Waals surface area contributed by atoms with Crippen molar-refractivity contribution in [3.8, 4) is 5.75 Å². The maximum absolute atomic E-state index is 13.5. The van der Waals surface area contributed by atoms with Gasteiger partial charge in [-0.15, -0.1) is 0 Å². The highest BCUT2D eigenvalue weighted by molar-refractivity contribution is 6.31. The summed E-state index contributed by atoms with van der Waals surface area (Å²) in [5.41, 5.74) is 0.915. The first kappa shape index (κ1) is 25.9. The van der Waals surface area contributed by atoms with Crippen molar-refractivity contribution in [3.05, 3.63) is 108 Å². The summed E-state index contributed by atoms with van der Waals surface area (Å²) in [6.45, 7) is -0.00616. The fourth-order valence-electron chi connectivity index (χ4n) is 4.75. The predicted octanol–water partition coefficient (Wildman–Crippen LogP) is 7.12. The van der Waals surface area contributed by atoms with Gasteiger partial charge in [-0.1, -0.05) is 72.8 Å². The van der Waals surface area contributed by atoms with Crippen LogP contribution in [0.15, 0.2) is 70.6 Å². The van der Waals surface area contributed by atoms with Gasteiger partial charge in [0.15, 0.2) is 0 Å². The summed E-state index contributed by atoms with van der Waals surface area (Å²) in [7, 11) is 0. The lowest BCUT2D eigenvalue weighted by Crippen LogP contribution is -2.25. The van der Waals surface area contributed by atoms with Gasteiger partial charge >= 0.3 is 5.69 Å². The van der Waals surface area contributed by atoms with Crippen LogP contribution in [0.1, 0.15) is 55.0 Å². The summed E-state index contributed by atoms with van der Waals surface area (Å²) in [4.78, 5) is 29.6. The first-order chi connectivity index (χ1) is 18.4. The van der Waals surface area contributed by atoms with Crippen LogP contribution in [0.2, 0.25) is 10.0 Å². The number of nitrogens with zero attached hydrogens (tertiary/aromatic N) is 4. The van der Waals surface area contributed by atoms with Crippen LogP contribution in [0, 0.1) is 10.1 Å².